The van der Waals surface area contributed by atoms with Crippen molar-refractivity contribution in [3.05, 3.63) is 23.8 Å². The van der Waals surface area contributed by atoms with E-state index in [1.165, 1.54) is 17.7 Å². The summed E-state index contributed by atoms with van der Waals surface area (Å²) < 4.78 is 5.06. The summed E-state index contributed by atoms with van der Waals surface area (Å²) in [5, 5.41) is 0. The minimum Gasteiger partial charge on any atom is -0.398 e. The average Bonchev–Trinajstić information content (AvgIpc) is 2.70. The number of nitrogen functional groups attached to an aromatic ring is 1. The van der Waals surface area contributed by atoms with Gasteiger partial charge in [0.1, 0.15) is 0 Å². The summed E-state index contributed by atoms with van der Waals surface area (Å²) >= 11 is 0. The number of fused-ring (bicyclic) bond motifs is 1. The SMILES string of the molecule is COCCCCN1CCc2c(N)cccc21. The molecule has 3 nitrogen and oxygen atoms in total. The van der Waals surface area contributed by atoms with Crippen LogP contribution in [0.4, 0.5) is 11.4 Å². The second kappa shape index (κ2) is 5.21. The Hall–Kier alpha value is -1.22. The average molecular weight is 220 g/mol. The van der Waals surface area contributed by atoms with E-state index in [1.807, 2.05) is 12.1 Å². The van der Waals surface area contributed by atoms with Crippen LogP contribution >= 0.6 is 0 Å². The van der Waals surface area contributed by atoms with Gasteiger partial charge in [-0.15, -0.1) is 0 Å². The van der Waals surface area contributed by atoms with E-state index in [1.54, 1.807) is 7.11 Å². The van der Waals surface area contributed by atoms with Crippen molar-refractivity contribution < 1.29 is 4.74 Å². The largest absolute Gasteiger partial charge is 0.398 e. The molecule has 2 rings (SSSR count). The van der Waals surface area contributed by atoms with Crippen LogP contribution in [0.5, 0.6) is 0 Å². The van der Waals surface area contributed by atoms with Gasteiger partial charge in [0.05, 0.1) is 0 Å². The molecule has 3 heteroatoms. The molecule has 0 saturated heterocycles. The lowest BCUT2D eigenvalue weighted by atomic mass is 10.1. The van der Waals surface area contributed by atoms with Crippen LogP contribution in [0.3, 0.4) is 0 Å². The molecule has 0 spiro atoms. The van der Waals surface area contributed by atoms with Gasteiger partial charge in [-0.05, 0) is 31.4 Å². The van der Waals surface area contributed by atoms with Crippen LogP contribution in [0.25, 0.3) is 0 Å². The molecule has 88 valence electrons. The predicted molar refractivity (Wildman–Crippen MR) is 67.9 cm³/mol. The van der Waals surface area contributed by atoms with Crippen molar-refractivity contribution in [3.63, 3.8) is 0 Å². The van der Waals surface area contributed by atoms with Gasteiger partial charge in [0, 0.05) is 43.7 Å². The lowest BCUT2D eigenvalue weighted by Crippen LogP contribution is -2.21. The van der Waals surface area contributed by atoms with Gasteiger partial charge in [0.15, 0.2) is 0 Å². The van der Waals surface area contributed by atoms with Gasteiger partial charge in [-0.3, -0.25) is 0 Å². The van der Waals surface area contributed by atoms with E-state index in [4.69, 9.17) is 10.5 Å². The number of ether oxygens (including phenoxy) is 1. The molecule has 1 aromatic carbocycles. The lowest BCUT2D eigenvalue weighted by molar-refractivity contribution is 0.193. The molecule has 2 N–H and O–H groups in total. The summed E-state index contributed by atoms with van der Waals surface area (Å²) in [6.07, 6.45) is 3.40. The summed E-state index contributed by atoms with van der Waals surface area (Å²) in [6, 6.07) is 6.21. The predicted octanol–water partition coefficient (Wildman–Crippen LogP) is 2.06. The zero-order chi connectivity index (χ0) is 11.4. The summed E-state index contributed by atoms with van der Waals surface area (Å²) in [5.74, 6) is 0. The van der Waals surface area contributed by atoms with Crippen LogP contribution in [-0.4, -0.2) is 26.8 Å². The van der Waals surface area contributed by atoms with Crippen molar-refractivity contribution in [2.24, 2.45) is 0 Å². The number of hydrogen-bond acceptors (Lipinski definition) is 3. The Labute approximate surface area is 97.2 Å². The van der Waals surface area contributed by atoms with E-state index in [0.717, 1.165) is 38.2 Å². The van der Waals surface area contributed by atoms with Crippen molar-refractivity contribution in [1.82, 2.24) is 0 Å². The molecule has 0 radical (unpaired) electrons. The summed E-state index contributed by atoms with van der Waals surface area (Å²) in [5.41, 5.74) is 9.56. The highest BCUT2D eigenvalue weighted by molar-refractivity contribution is 5.68. The molecule has 16 heavy (non-hydrogen) atoms. The van der Waals surface area contributed by atoms with Gasteiger partial charge >= 0.3 is 0 Å². The number of anilines is 2. The number of unbranched alkanes of at least 4 members (excludes halogenated alkanes) is 1. The number of methoxy groups -OCH3 is 1. The van der Waals surface area contributed by atoms with Crippen molar-refractivity contribution in [3.8, 4) is 0 Å². The number of nitrogens with zero attached hydrogens (tertiary/aromatic N) is 1. The Morgan fingerprint density at radius 3 is 3.06 bits per heavy atom. The molecule has 1 heterocycles. The number of rotatable bonds is 5. The van der Waals surface area contributed by atoms with E-state index in [0.29, 0.717) is 0 Å². The molecule has 0 saturated carbocycles. The third-order valence-corrected chi connectivity index (χ3v) is 3.19. The fraction of sp³-hybridized carbons (Fsp3) is 0.538. The molecular weight excluding hydrogens is 200 g/mol. The maximum atomic E-state index is 5.96. The van der Waals surface area contributed by atoms with Crippen molar-refractivity contribution in [1.29, 1.82) is 0 Å². The Bertz CT molecular complexity index is 352. The van der Waals surface area contributed by atoms with Gasteiger partial charge in [-0.2, -0.15) is 0 Å². The first-order valence-corrected chi connectivity index (χ1v) is 5.94. The lowest BCUT2D eigenvalue weighted by Gasteiger charge is -2.19. The fourth-order valence-corrected chi connectivity index (χ4v) is 2.31. The molecule has 0 aliphatic carbocycles. The van der Waals surface area contributed by atoms with Crippen LogP contribution in [0.2, 0.25) is 0 Å². The second-order valence-electron chi connectivity index (χ2n) is 4.28. The smallest absolute Gasteiger partial charge is 0.0462 e. The Morgan fingerprint density at radius 2 is 2.25 bits per heavy atom. The highest BCUT2D eigenvalue weighted by Gasteiger charge is 2.19. The van der Waals surface area contributed by atoms with Crippen molar-refractivity contribution in [2.75, 3.05) is 37.4 Å². The Morgan fingerprint density at radius 1 is 1.38 bits per heavy atom. The van der Waals surface area contributed by atoms with Crippen LogP contribution < -0.4 is 10.6 Å². The van der Waals surface area contributed by atoms with E-state index in [2.05, 4.69) is 11.0 Å². The quantitative estimate of drug-likeness (QED) is 0.609. The minimum absolute atomic E-state index is 0.859. The van der Waals surface area contributed by atoms with E-state index >= 15 is 0 Å². The van der Waals surface area contributed by atoms with Gasteiger partial charge in [-0.25, -0.2) is 0 Å². The zero-order valence-electron chi connectivity index (χ0n) is 9.91. The topological polar surface area (TPSA) is 38.5 Å². The maximum Gasteiger partial charge on any atom is 0.0462 e. The first kappa shape index (κ1) is 11.3. The van der Waals surface area contributed by atoms with Crippen LogP contribution in [-0.2, 0) is 11.2 Å². The summed E-state index contributed by atoms with van der Waals surface area (Å²) in [4.78, 5) is 2.43. The molecular formula is C13H20N2O. The zero-order valence-corrected chi connectivity index (χ0v) is 9.91. The highest BCUT2D eigenvalue weighted by Crippen LogP contribution is 2.31. The molecule has 0 bridgehead atoms. The monoisotopic (exact) mass is 220 g/mol. The maximum absolute atomic E-state index is 5.96. The number of benzene rings is 1. The van der Waals surface area contributed by atoms with E-state index in [-0.39, 0.29) is 0 Å². The third-order valence-electron chi connectivity index (χ3n) is 3.19. The molecule has 0 unspecified atom stereocenters. The summed E-state index contributed by atoms with van der Waals surface area (Å²) in [7, 11) is 1.76. The van der Waals surface area contributed by atoms with Gasteiger partial charge in [-0.1, -0.05) is 6.07 Å². The first-order chi connectivity index (χ1) is 7.83. The minimum atomic E-state index is 0.859. The van der Waals surface area contributed by atoms with E-state index in [9.17, 15) is 0 Å². The van der Waals surface area contributed by atoms with Crippen LogP contribution in [0, 0.1) is 0 Å². The second-order valence-corrected chi connectivity index (χ2v) is 4.28. The molecule has 0 fully saturated rings. The normalized spacial score (nSPS) is 14.2. The highest BCUT2D eigenvalue weighted by atomic mass is 16.5. The van der Waals surface area contributed by atoms with Crippen LogP contribution in [0.15, 0.2) is 18.2 Å². The van der Waals surface area contributed by atoms with Crippen molar-refractivity contribution >= 4 is 11.4 Å². The number of hydrogen-bond donors (Lipinski definition) is 1. The fourth-order valence-electron chi connectivity index (χ4n) is 2.31. The summed E-state index contributed by atoms with van der Waals surface area (Å²) in [6.45, 7) is 3.08. The third kappa shape index (κ3) is 2.30. The molecule has 0 amide bonds. The van der Waals surface area contributed by atoms with E-state index < -0.39 is 0 Å². The standard InChI is InChI=1S/C13H20N2O/c1-16-10-3-2-8-15-9-7-11-12(14)5-4-6-13(11)15/h4-6H,2-3,7-10,14H2,1H3. The first-order valence-electron chi connectivity index (χ1n) is 5.94. The van der Waals surface area contributed by atoms with Crippen molar-refractivity contribution in [2.45, 2.75) is 19.3 Å². The van der Waals surface area contributed by atoms with Crippen LogP contribution in [0.1, 0.15) is 18.4 Å². The molecule has 1 aliphatic rings. The Kier molecular flexibility index (Phi) is 3.67. The molecule has 0 aromatic heterocycles. The van der Waals surface area contributed by atoms with Gasteiger partial charge in [0.2, 0.25) is 0 Å². The molecule has 1 aromatic rings. The van der Waals surface area contributed by atoms with Gasteiger partial charge < -0.3 is 15.4 Å². The number of nitrogens with two attached hydrogens (primary N) is 1. The molecule has 0 atom stereocenters. The molecule has 1 aliphatic heterocycles. The Balaban J connectivity index is 1.93. The van der Waals surface area contributed by atoms with Gasteiger partial charge in [0.25, 0.3) is 0 Å².